The Bertz CT molecular complexity index is 764. The predicted molar refractivity (Wildman–Crippen MR) is 92.7 cm³/mol. The number of benzene rings is 1. The van der Waals surface area contributed by atoms with Gasteiger partial charge in [0.05, 0.1) is 17.8 Å². The van der Waals surface area contributed by atoms with Crippen LogP contribution in [0, 0.1) is 0 Å². The number of ether oxygens (including phenoxy) is 1. The summed E-state index contributed by atoms with van der Waals surface area (Å²) in [5, 5.41) is 3.25. The zero-order valence-corrected chi connectivity index (χ0v) is 14.7. The fraction of sp³-hybridized carbons (Fsp3) is 0.389. The summed E-state index contributed by atoms with van der Waals surface area (Å²) in [5.74, 6) is 1.43. The van der Waals surface area contributed by atoms with Crippen LogP contribution < -0.4 is 10.1 Å². The Kier molecular flexibility index (Phi) is 4.71. The fourth-order valence-corrected chi connectivity index (χ4v) is 2.97. The van der Waals surface area contributed by atoms with Gasteiger partial charge < -0.3 is 10.1 Å². The third-order valence-corrected chi connectivity index (χ3v) is 4.47. The molecule has 0 saturated carbocycles. The second-order valence-electron chi connectivity index (χ2n) is 6.30. The number of fused-ring (bicyclic) bond motifs is 1. The molecule has 0 unspecified atom stereocenters. The molecule has 6 heteroatoms. The van der Waals surface area contributed by atoms with Crippen LogP contribution >= 0.6 is 11.6 Å². The van der Waals surface area contributed by atoms with Crippen molar-refractivity contribution in [3.05, 3.63) is 52.6 Å². The lowest BCUT2D eigenvalue weighted by molar-refractivity contribution is 0.0927. The van der Waals surface area contributed by atoms with Crippen molar-refractivity contribution in [1.29, 1.82) is 0 Å². The maximum Gasteiger partial charge on any atom is 0.271 e. The maximum atomic E-state index is 12.6. The first-order valence-electron chi connectivity index (χ1n) is 8.02. The van der Waals surface area contributed by atoms with E-state index in [0.717, 1.165) is 11.3 Å². The Morgan fingerprint density at radius 3 is 2.83 bits per heavy atom. The molecule has 126 valence electrons. The molecule has 1 aromatic heterocycles. The molecule has 0 spiro atoms. The molecule has 0 aliphatic carbocycles. The molecule has 1 N–H and O–H groups in total. The summed E-state index contributed by atoms with van der Waals surface area (Å²) in [6.45, 7) is 6.46. The lowest BCUT2D eigenvalue weighted by atomic mass is 9.94. The van der Waals surface area contributed by atoms with Crippen LogP contribution in [0.25, 0.3) is 0 Å². The number of aromatic nitrogens is 2. The van der Waals surface area contributed by atoms with Crippen molar-refractivity contribution in [1.82, 2.24) is 15.3 Å². The number of hydrogen-bond acceptors (Lipinski definition) is 4. The van der Waals surface area contributed by atoms with Gasteiger partial charge in [-0.15, -0.1) is 0 Å². The van der Waals surface area contributed by atoms with Crippen LogP contribution in [0.5, 0.6) is 5.75 Å². The highest BCUT2D eigenvalue weighted by molar-refractivity contribution is 6.33. The number of para-hydroxylation sites is 1. The second-order valence-corrected chi connectivity index (χ2v) is 6.70. The first-order valence-corrected chi connectivity index (χ1v) is 8.40. The van der Waals surface area contributed by atoms with Crippen molar-refractivity contribution >= 4 is 17.5 Å². The summed E-state index contributed by atoms with van der Waals surface area (Å²) in [6, 6.07) is 7.79. The van der Waals surface area contributed by atoms with Gasteiger partial charge in [-0.2, -0.15) is 0 Å². The maximum absolute atomic E-state index is 12.6. The molecular formula is C18H20ClN3O2. The van der Waals surface area contributed by atoms with E-state index >= 15 is 0 Å². The first-order chi connectivity index (χ1) is 11.5. The fourth-order valence-electron chi connectivity index (χ4n) is 2.80. The number of amides is 1. The lowest BCUT2D eigenvalue weighted by Gasteiger charge is -2.20. The smallest absolute Gasteiger partial charge is 0.271 e. The van der Waals surface area contributed by atoms with E-state index in [1.807, 2.05) is 45.0 Å². The van der Waals surface area contributed by atoms with Crippen LogP contribution in [0.4, 0.5) is 0 Å². The predicted octanol–water partition coefficient (Wildman–Crippen LogP) is 3.55. The van der Waals surface area contributed by atoms with Crippen molar-refractivity contribution < 1.29 is 9.53 Å². The minimum Gasteiger partial charge on any atom is -0.493 e. The monoisotopic (exact) mass is 345 g/mol. The normalized spacial score (nSPS) is 17.3. The van der Waals surface area contributed by atoms with Crippen LogP contribution in [-0.4, -0.2) is 28.5 Å². The number of rotatable bonds is 4. The molecule has 0 radical (unpaired) electrons. The highest BCUT2D eigenvalue weighted by Crippen LogP contribution is 2.35. The zero-order valence-electron chi connectivity index (χ0n) is 13.9. The van der Waals surface area contributed by atoms with Crippen LogP contribution in [0.1, 0.15) is 54.5 Å². The zero-order chi connectivity index (χ0) is 17.3. The molecule has 1 aromatic carbocycles. The minimum atomic E-state index is -0.291. The standard InChI is InChI=1S/C18H20ClN3O2/c1-10(2)17-20-8-14(19)16(22-17)18(23)21-11(3)13-9-24-15-7-5-4-6-12(13)15/h4-8,10-11,13H,9H2,1-3H3,(H,21,23)/t11-,13+/m1/s1. The SMILES string of the molecule is CC(C)c1ncc(Cl)c(C(=O)N[C@H](C)[C@@H]2COc3ccccc32)n1. The van der Waals surface area contributed by atoms with Crippen molar-refractivity contribution in [3.63, 3.8) is 0 Å². The quantitative estimate of drug-likeness (QED) is 0.920. The molecule has 2 aromatic rings. The van der Waals surface area contributed by atoms with Crippen molar-refractivity contribution in [2.45, 2.75) is 38.6 Å². The van der Waals surface area contributed by atoms with Gasteiger partial charge in [0.25, 0.3) is 5.91 Å². The van der Waals surface area contributed by atoms with Gasteiger partial charge in [-0.3, -0.25) is 4.79 Å². The van der Waals surface area contributed by atoms with Crippen LogP contribution in [0.15, 0.2) is 30.5 Å². The number of nitrogens with zero attached hydrogens (tertiary/aromatic N) is 2. The van der Waals surface area contributed by atoms with E-state index in [1.54, 1.807) is 0 Å². The summed E-state index contributed by atoms with van der Waals surface area (Å²) in [4.78, 5) is 21.1. The summed E-state index contributed by atoms with van der Waals surface area (Å²) in [7, 11) is 0. The molecule has 24 heavy (non-hydrogen) atoms. The Labute approximate surface area is 146 Å². The summed E-state index contributed by atoms with van der Waals surface area (Å²) < 4.78 is 5.69. The molecular weight excluding hydrogens is 326 g/mol. The average molecular weight is 346 g/mol. The topological polar surface area (TPSA) is 64.1 Å². The van der Waals surface area contributed by atoms with Gasteiger partial charge in [0.2, 0.25) is 0 Å². The largest absolute Gasteiger partial charge is 0.493 e. The number of carbonyl (C=O) groups is 1. The number of halogens is 1. The summed E-state index contributed by atoms with van der Waals surface area (Å²) in [6.07, 6.45) is 1.48. The van der Waals surface area contributed by atoms with Crippen molar-refractivity contribution in [2.24, 2.45) is 0 Å². The van der Waals surface area contributed by atoms with Gasteiger partial charge in [0, 0.05) is 23.4 Å². The molecule has 2 heterocycles. The van der Waals surface area contributed by atoms with Gasteiger partial charge >= 0.3 is 0 Å². The van der Waals surface area contributed by atoms with Gasteiger partial charge in [-0.1, -0.05) is 43.6 Å². The van der Waals surface area contributed by atoms with Gasteiger partial charge in [-0.25, -0.2) is 9.97 Å². The minimum absolute atomic E-state index is 0.102. The van der Waals surface area contributed by atoms with E-state index in [4.69, 9.17) is 16.3 Å². The van der Waals surface area contributed by atoms with E-state index in [2.05, 4.69) is 15.3 Å². The second kappa shape index (κ2) is 6.77. The van der Waals surface area contributed by atoms with E-state index in [9.17, 15) is 4.79 Å². The van der Waals surface area contributed by atoms with Gasteiger partial charge in [-0.05, 0) is 13.0 Å². The molecule has 0 bridgehead atoms. The third-order valence-electron chi connectivity index (χ3n) is 4.19. The highest BCUT2D eigenvalue weighted by Gasteiger charge is 2.30. The third kappa shape index (κ3) is 3.22. The Balaban J connectivity index is 1.77. The number of carbonyl (C=O) groups excluding carboxylic acids is 1. The number of nitrogens with one attached hydrogen (secondary N) is 1. The van der Waals surface area contributed by atoms with E-state index < -0.39 is 0 Å². The van der Waals surface area contributed by atoms with Gasteiger partial charge in [0.1, 0.15) is 17.3 Å². The molecule has 1 amide bonds. The first kappa shape index (κ1) is 16.7. The van der Waals surface area contributed by atoms with E-state index in [-0.39, 0.29) is 34.5 Å². The Morgan fingerprint density at radius 2 is 2.08 bits per heavy atom. The molecule has 5 nitrogen and oxygen atoms in total. The van der Waals surface area contributed by atoms with Crippen molar-refractivity contribution in [2.75, 3.05) is 6.61 Å². The molecule has 3 rings (SSSR count). The highest BCUT2D eigenvalue weighted by atomic mass is 35.5. The van der Waals surface area contributed by atoms with Crippen LogP contribution in [0.2, 0.25) is 5.02 Å². The van der Waals surface area contributed by atoms with E-state index in [1.165, 1.54) is 6.20 Å². The van der Waals surface area contributed by atoms with Crippen molar-refractivity contribution in [3.8, 4) is 5.75 Å². The summed E-state index contributed by atoms with van der Waals surface area (Å²) >= 11 is 6.11. The van der Waals surface area contributed by atoms with E-state index in [0.29, 0.717) is 12.4 Å². The molecule has 2 atom stereocenters. The molecule has 0 saturated heterocycles. The lowest BCUT2D eigenvalue weighted by Crippen LogP contribution is -2.38. The van der Waals surface area contributed by atoms with Crippen LogP contribution in [0.3, 0.4) is 0 Å². The number of hydrogen-bond donors (Lipinski definition) is 1. The molecule has 0 fully saturated rings. The molecule has 1 aliphatic heterocycles. The summed E-state index contributed by atoms with van der Waals surface area (Å²) in [5.41, 5.74) is 1.33. The van der Waals surface area contributed by atoms with Crippen LogP contribution in [-0.2, 0) is 0 Å². The van der Waals surface area contributed by atoms with Gasteiger partial charge in [0.15, 0.2) is 0 Å². The average Bonchev–Trinajstić information content (AvgIpc) is 2.99. The Morgan fingerprint density at radius 1 is 1.33 bits per heavy atom. The molecule has 1 aliphatic rings. The Hall–Kier alpha value is -2.14.